The minimum Gasteiger partial charge on any atom is -0.444 e. The molecule has 0 radical (unpaired) electrons. The summed E-state index contributed by atoms with van der Waals surface area (Å²) in [4.78, 5) is 36.5. The molecule has 0 aromatic carbocycles. The van der Waals surface area contributed by atoms with E-state index in [1.807, 2.05) is 6.92 Å². The third kappa shape index (κ3) is 5.59. The molecule has 7 heteroatoms. The first-order chi connectivity index (χ1) is 10.1. The van der Waals surface area contributed by atoms with Crippen molar-refractivity contribution < 1.29 is 14.3 Å². The van der Waals surface area contributed by atoms with Crippen LogP contribution in [0.4, 0.5) is 10.5 Å². The Morgan fingerprint density at radius 1 is 1.36 bits per heavy atom. The van der Waals surface area contributed by atoms with Crippen LogP contribution < -0.4 is 10.9 Å². The number of ether oxygens (including phenoxy) is 1. The van der Waals surface area contributed by atoms with Crippen molar-refractivity contribution in [1.29, 1.82) is 0 Å². The molecule has 0 aliphatic carbocycles. The smallest absolute Gasteiger partial charge is 0.410 e. The van der Waals surface area contributed by atoms with Crippen molar-refractivity contribution in [2.45, 2.75) is 39.8 Å². The van der Waals surface area contributed by atoms with Gasteiger partial charge in [-0.3, -0.25) is 9.59 Å². The number of aromatic nitrogens is 1. The first-order valence-electron chi connectivity index (χ1n) is 7.07. The predicted octanol–water partition coefficient (Wildman–Crippen LogP) is 1.67. The zero-order chi connectivity index (χ0) is 16.9. The van der Waals surface area contributed by atoms with Crippen molar-refractivity contribution in [3.63, 3.8) is 0 Å². The number of anilines is 1. The van der Waals surface area contributed by atoms with Crippen LogP contribution in [0.3, 0.4) is 0 Å². The number of pyridine rings is 1. The molecule has 1 N–H and O–H groups in total. The summed E-state index contributed by atoms with van der Waals surface area (Å²) in [7, 11) is 1.47. The Morgan fingerprint density at radius 2 is 2.00 bits per heavy atom. The zero-order valence-electron chi connectivity index (χ0n) is 13.7. The van der Waals surface area contributed by atoms with Crippen LogP contribution in [-0.4, -0.2) is 40.7 Å². The average Bonchev–Trinajstić information content (AvgIpc) is 2.36. The van der Waals surface area contributed by atoms with Gasteiger partial charge in [-0.25, -0.2) is 4.79 Å². The molecule has 0 aliphatic heterocycles. The van der Waals surface area contributed by atoms with E-state index in [2.05, 4.69) is 5.32 Å². The topological polar surface area (TPSA) is 80.6 Å². The van der Waals surface area contributed by atoms with Crippen LogP contribution in [0.5, 0.6) is 0 Å². The monoisotopic (exact) mass is 309 g/mol. The SMILES string of the molecule is CCn1ccc(NC(=O)CN(C)C(=O)OC(C)(C)C)cc1=O. The fourth-order valence-corrected chi connectivity index (χ4v) is 1.67. The summed E-state index contributed by atoms with van der Waals surface area (Å²) in [5.74, 6) is -0.401. The van der Waals surface area contributed by atoms with Gasteiger partial charge in [-0.05, 0) is 33.8 Å². The molecule has 0 spiro atoms. The van der Waals surface area contributed by atoms with Crippen LogP contribution in [0.25, 0.3) is 0 Å². The summed E-state index contributed by atoms with van der Waals surface area (Å²) in [6.45, 7) is 7.51. The highest BCUT2D eigenvalue weighted by Gasteiger charge is 2.21. The highest BCUT2D eigenvalue weighted by Crippen LogP contribution is 2.09. The number of nitrogens with zero attached hydrogens (tertiary/aromatic N) is 2. The molecular weight excluding hydrogens is 286 g/mol. The minimum atomic E-state index is -0.619. The van der Waals surface area contributed by atoms with Gasteiger partial charge in [0.1, 0.15) is 12.1 Å². The van der Waals surface area contributed by atoms with E-state index in [0.717, 1.165) is 0 Å². The molecule has 0 bridgehead atoms. The maximum absolute atomic E-state index is 11.9. The molecule has 7 nitrogen and oxygen atoms in total. The highest BCUT2D eigenvalue weighted by atomic mass is 16.6. The van der Waals surface area contributed by atoms with Crippen LogP contribution >= 0.6 is 0 Å². The van der Waals surface area contributed by atoms with Crippen LogP contribution in [0.2, 0.25) is 0 Å². The zero-order valence-corrected chi connectivity index (χ0v) is 13.7. The molecule has 1 rings (SSSR count). The largest absolute Gasteiger partial charge is 0.444 e. The Labute approximate surface area is 129 Å². The number of likely N-dealkylation sites (N-methyl/N-ethyl adjacent to an activating group) is 1. The van der Waals surface area contributed by atoms with Gasteiger partial charge in [-0.1, -0.05) is 0 Å². The summed E-state index contributed by atoms with van der Waals surface area (Å²) >= 11 is 0. The fraction of sp³-hybridized carbons (Fsp3) is 0.533. The molecule has 0 atom stereocenters. The van der Waals surface area contributed by atoms with E-state index in [4.69, 9.17) is 4.74 Å². The minimum absolute atomic E-state index is 0.161. The van der Waals surface area contributed by atoms with Crippen molar-refractivity contribution in [2.75, 3.05) is 18.9 Å². The first kappa shape index (κ1) is 17.7. The van der Waals surface area contributed by atoms with Crippen molar-refractivity contribution in [3.8, 4) is 0 Å². The van der Waals surface area contributed by atoms with Gasteiger partial charge >= 0.3 is 6.09 Å². The number of rotatable bonds is 4. The van der Waals surface area contributed by atoms with Crippen LogP contribution in [0.1, 0.15) is 27.7 Å². The molecular formula is C15H23N3O4. The van der Waals surface area contributed by atoms with Crippen molar-refractivity contribution >= 4 is 17.7 Å². The number of nitrogens with one attached hydrogen (secondary N) is 1. The highest BCUT2D eigenvalue weighted by molar-refractivity contribution is 5.93. The van der Waals surface area contributed by atoms with Gasteiger partial charge < -0.3 is 19.5 Å². The molecule has 122 valence electrons. The van der Waals surface area contributed by atoms with E-state index in [9.17, 15) is 14.4 Å². The lowest BCUT2D eigenvalue weighted by atomic mass is 10.2. The molecule has 22 heavy (non-hydrogen) atoms. The molecule has 1 aromatic heterocycles. The number of hydrogen-bond acceptors (Lipinski definition) is 4. The third-order valence-corrected chi connectivity index (χ3v) is 2.71. The van der Waals surface area contributed by atoms with Crippen LogP contribution in [-0.2, 0) is 16.1 Å². The van der Waals surface area contributed by atoms with Gasteiger partial charge in [0.15, 0.2) is 0 Å². The molecule has 0 saturated heterocycles. The Bertz CT molecular complexity index is 602. The van der Waals surface area contributed by atoms with Gasteiger partial charge in [0.2, 0.25) is 5.91 Å². The molecule has 0 fully saturated rings. The van der Waals surface area contributed by atoms with Gasteiger partial charge in [0, 0.05) is 31.5 Å². The van der Waals surface area contributed by atoms with Crippen LogP contribution in [0.15, 0.2) is 23.1 Å². The molecule has 0 unspecified atom stereocenters. The second kappa shape index (κ2) is 7.11. The Morgan fingerprint density at radius 3 is 2.50 bits per heavy atom. The van der Waals surface area contributed by atoms with Gasteiger partial charge in [-0.2, -0.15) is 0 Å². The Balaban J connectivity index is 2.61. The van der Waals surface area contributed by atoms with Gasteiger partial charge in [0.25, 0.3) is 5.56 Å². The number of carbonyl (C=O) groups excluding carboxylic acids is 2. The summed E-state index contributed by atoms with van der Waals surface area (Å²) < 4.78 is 6.67. The van der Waals surface area contributed by atoms with E-state index in [-0.39, 0.29) is 12.1 Å². The lowest BCUT2D eigenvalue weighted by Gasteiger charge is -2.24. The lowest BCUT2D eigenvalue weighted by molar-refractivity contribution is -0.117. The number of hydrogen-bond donors (Lipinski definition) is 1. The molecule has 1 heterocycles. The Kier molecular flexibility index (Phi) is 5.73. The third-order valence-electron chi connectivity index (χ3n) is 2.71. The Hall–Kier alpha value is -2.31. The number of carbonyl (C=O) groups is 2. The number of aryl methyl sites for hydroxylation is 1. The van der Waals surface area contributed by atoms with Gasteiger partial charge in [-0.15, -0.1) is 0 Å². The van der Waals surface area contributed by atoms with Crippen molar-refractivity contribution in [1.82, 2.24) is 9.47 Å². The summed E-state index contributed by atoms with van der Waals surface area (Å²) in [6.07, 6.45) is 1.03. The quantitative estimate of drug-likeness (QED) is 0.917. The molecule has 0 saturated carbocycles. The fourth-order valence-electron chi connectivity index (χ4n) is 1.67. The van der Waals surface area contributed by atoms with Crippen molar-refractivity contribution in [3.05, 3.63) is 28.7 Å². The molecule has 2 amide bonds. The van der Waals surface area contributed by atoms with E-state index < -0.39 is 17.6 Å². The second-order valence-corrected chi connectivity index (χ2v) is 5.92. The normalized spacial score (nSPS) is 11.0. The standard InChI is InChI=1S/C15H23N3O4/c1-6-18-8-7-11(9-13(18)20)16-12(19)10-17(5)14(21)22-15(2,3)4/h7-9H,6,10H2,1-5H3,(H,16,19). The van der Waals surface area contributed by atoms with Crippen molar-refractivity contribution in [2.24, 2.45) is 0 Å². The van der Waals surface area contributed by atoms with E-state index >= 15 is 0 Å². The average molecular weight is 309 g/mol. The maximum Gasteiger partial charge on any atom is 0.410 e. The van der Waals surface area contributed by atoms with E-state index in [1.165, 1.54) is 22.6 Å². The summed E-state index contributed by atoms with van der Waals surface area (Å²) in [5.41, 5.74) is -0.412. The summed E-state index contributed by atoms with van der Waals surface area (Å²) in [6, 6.07) is 2.98. The molecule has 0 aliphatic rings. The lowest BCUT2D eigenvalue weighted by Crippen LogP contribution is -2.38. The van der Waals surface area contributed by atoms with Gasteiger partial charge in [0.05, 0.1) is 0 Å². The second-order valence-electron chi connectivity index (χ2n) is 5.92. The summed E-state index contributed by atoms with van der Waals surface area (Å²) in [5, 5.41) is 2.58. The number of amides is 2. The first-order valence-corrected chi connectivity index (χ1v) is 7.07. The maximum atomic E-state index is 11.9. The molecule has 1 aromatic rings. The predicted molar refractivity (Wildman–Crippen MR) is 83.9 cm³/mol. The van der Waals surface area contributed by atoms with E-state index in [1.54, 1.807) is 33.0 Å². The van der Waals surface area contributed by atoms with E-state index in [0.29, 0.717) is 12.2 Å². The van der Waals surface area contributed by atoms with Crippen LogP contribution in [0, 0.1) is 0 Å².